The summed E-state index contributed by atoms with van der Waals surface area (Å²) in [5, 5.41) is 6.83. The Morgan fingerprint density at radius 2 is 1.70 bits per heavy atom. The van der Waals surface area contributed by atoms with Gasteiger partial charge in [-0.3, -0.25) is 0 Å². The number of anilines is 2. The molecule has 1 N–H and O–H groups in total. The summed E-state index contributed by atoms with van der Waals surface area (Å²) in [6.45, 7) is 0. The molecule has 3 heterocycles. The molecule has 3 rings (SSSR count). The lowest BCUT2D eigenvalue weighted by Gasteiger charge is -2.01. The van der Waals surface area contributed by atoms with Crippen molar-refractivity contribution in [2.75, 3.05) is 5.32 Å². The number of thiazole rings is 1. The van der Waals surface area contributed by atoms with E-state index < -0.39 is 0 Å². The summed E-state index contributed by atoms with van der Waals surface area (Å²) in [5.41, 5.74) is 2.61. The normalized spacial score (nSPS) is 10.5. The van der Waals surface area contributed by atoms with Crippen LogP contribution >= 0.6 is 34.5 Å². The first kappa shape index (κ1) is 13.3. The molecule has 0 fully saturated rings. The predicted octanol–water partition coefficient (Wildman–Crippen LogP) is 4.65. The van der Waals surface area contributed by atoms with Gasteiger partial charge in [-0.2, -0.15) is 0 Å². The highest BCUT2D eigenvalue weighted by Gasteiger charge is 2.05. The minimum atomic E-state index is 0.461. The monoisotopic (exact) mass is 322 g/mol. The van der Waals surface area contributed by atoms with Gasteiger partial charge in [-0.1, -0.05) is 23.2 Å². The minimum Gasteiger partial charge on any atom is -0.330 e. The molecule has 0 amide bonds. The third-order valence-electron chi connectivity index (χ3n) is 2.51. The Morgan fingerprint density at radius 1 is 0.950 bits per heavy atom. The zero-order valence-electron chi connectivity index (χ0n) is 10.0. The molecule has 0 saturated carbocycles. The number of rotatable bonds is 3. The third-order valence-corrected chi connectivity index (χ3v) is 3.71. The second-order valence-electron chi connectivity index (χ2n) is 3.90. The smallest absolute Gasteiger partial charge is 0.187 e. The Labute approximate surface area is 129 Å². The highest BCUT2D eigenvalue weighted by atomic mass is 35.5. The Kier molecular flexibility index (Phi) is 3.82. The molecule has 0 radical (unpaired) electrons. The zero-order chi connectivity index (χ0) is 13.9. The fraction of sp³-hybridized carbons (Fsp3) is 0. The van der Waals surface area contributed by atoms with E-state index in [-0.39, 0.29) is 0 Å². The minimum absolute atomic E-state index is 0.461. The highest BCUT2D eigenvalue weighted by Crippen LogP contribution is 2.27. The fourth-order valence-corrected chi connectivity index (χ4v) is 2.53. The van der Waals surface area contributed by atoms with Crippen molar-refractivity contribution in [2.45, 2.75) is 0 Å². The fourth-order valence-electron chi connectivity index (χ4n) is 1.56. The molecule has 0 saturated heterocycles. The zero-order valence-corrected chi connectivity index (χ0v) is 12.4. The van der Waals surface area contributed by atoms with Gasteiger partial charge in [0.1, 0.15) is 10.3 Å². The van der Waals surface area contributed by atoms with E-state index in [1.54, 1.807) is 24.5 Å². The van der Waals surface area contributed by atoms with Crippen molar-refractivity contribution in [2.24, 2.45) is 0 Å². The standard InChI is InChI=1S/C13H8Cl2N4S/c14-11-3-1-8(5-16-11)10-7-20-13(19-10)18-9-2-4-12(15)17-6-9/h1-7H,(H,18,19). The molecule has 0 spiro atoms. The lowest BCUT2D eigenvalue weighted by molar-refractivity contribution is 1.29. The average molecular weight is 323 g/mol. The van der Waals surface area contributed by atoms with Crippen LogP contribution < -0.4 is 5.32 Å². The van der Waals surface area contributed by atoms with E-state index in [1.165, 1.54) is 11.3 Å². The molecule has 0 aliphatic heterocycles. The SMILES string of the molecule is Clc1ccc(Nc2nc(-c3ccc(Cl)nc3)cs2)cn1. The van der Waals surface area contributed by atoms with Gasteiger partial charge in [0, 0.05) is 17.1 Å². The largest absolute Gasteiger partial charge is 0.330 e. The van der Waals surface area contributed by atoms with Crippen LogP contribution in [0.2, 0.25) is 10.3 Å². The third kappa shape index (κ3) is 3.07. The van der Waals surface area contributed by atoms with E-state index in [4.69, 9.17) is 23.2 Å². The summed E-state index contributed by atoms with van der Waals surface area (Å²) in [6, 6.07) is 7.20. The number of aromatic nitrogens is 3. The van der Waals surface area contributed by atoms with Gasteiger partial charge < -0.3 is 5.32 Å². The molecule has 3 aromatic rings. The Hall–Kier alpha value is -1.69. The molecule has 20 heavy (non-hydrogen) atoms. The molecule has 0 aliphatic rings. The number of hydrogen-bond acceptors (Lipinski definition) is 5. The second-order valence-corrected chi connectivity index (χ2v) is 5.53. The van der Waals surface area contributed by atoms with Crippen LogP contribution in [0.4, 0.5) is 10.8 Å². The van der Waals surface area contributed by atoms with Crippen molar-refractivity contribution in [3.63, 3.8) is 0 Å². The summed E-state index contributed by atoms with van der Waals surface area (Å²) < 4.78 is 0. The molecular weight excluding hydrogens is 315 g/mol. The summed E-state index contributed by atoms with van der Waals surface area (Å²) >= 11 is 13.0. The summed E-state index contributed by atoms with van der Waals surface area (Å²) in [5.74, 6) is 0. The first-order valence-electron chi connectivity index (χ1n) is 5.67. The van der Waals surface area contributed by atoms with Gasteiger partial charge in [0.15, 0.2) is 5.13 Å². The van der Waals surface area contributed by atoms with E-state index >= 15 is 0 Å². The Bertz CT molecular complexity index is 710. The van der Waals surface area contributed by atoms with Gasteiger partial charge >= 0.3 is 0 Å². The summed E-state index contributed by atoms with van der Waals surface area (Å²) in [7, 11) is 0. The van der Waals surface area contributed by atoms with Crippen LogP contribution in [0, 0.1) is 0 Å². The van der Waals surface area contributed by atoms with E-state index in [0.717, 1.165) is 22.1 Å². The molecule has 0 atom stereocenters. The van der Waals surface area contributed by atoms with Crippen LogP contribution in [0.15, 0.2) is 42.0 Å². The van der Waals surface area contributed by atoms with Gasteiger partial charge in [0.2, 0.25) is 0 Å². The molecule has 4 nitrogen and oxygen atoms in total. The van der Waals surface area contributed by atoms with E-state index in [2.05, 4.69) is 20.3 Å². The van der Waals surface area contributed by atoms with E-state index in [1.807, 2.05) is 17.5 Å². The van der Waals surface area contributed by atoms with Crippen molar-refractivity contribution >= 4 is 45.4 Å². The molecule has 0 unspecified atom stereocenters. The highest BCUT2D eigenvalue weighted by molar-refractivity contribution is 7.14. The Morgan fingerprint density at radius 3 is 2.35 bits per heavy atom. The molecule has 0 aromatic carbocycles. The maximum atomic E-state index is 5.77. The number of nitrogens with zero attached hydrogens (tertiary/aromatic N) is 3. The quantitative estimate of drug-likeness (QED) is 0.713. The molecule has 3 aromatic heterocycles. The lowest BCUT2D eigenvalue weighted by Crippen LogP contribution is -1.90. The molecule has 100 valence electrons. The maximum absolute atomic E-state index is 5.77. The first-order valence-corrected chi connectivity index (χ1v) is 7.30. The van der Waals surface area contributed by atoms with Crippen LogP contribution in [0.3, 0.4) is 0 Å². The predicted molar refractivity (Wildman–Crippen MR) is 82.9 cm³/mol. The second kappa shape index (κ2) is 5.75. The number of pyridine rings is 2. The Balaban J connectivity index is 1.80. The van der Waals surface area contributed by atoms with Crippen LogP contribution in [0.1, 0.15) is 0 Å². The van der Waals surface area contributed by atoms with Gasteiger partial charge in [-0.25, -0.2) is 15.0 Å². The van der Waals surface area contributed by atoms with Gasteiger partial charge in [0.05, 0.1) is 17.6 Å². The topological polar surface area (TPSA) is 50.7 Å². The van der Waals surface area contributed by atoms with E-state index in [0.29, 0.717) is 10.3 Å². The molecule has 0 aliphatic carbocycles. The number of halogens is 2. The van der Waals surface area contributed by atoms with Crippen LogP contribution in [-0.4, -0.2) is 15.0 Å². The van der Waals surface area contributed by atoms with Gasteiger partial charge in [-0.15, -0.1) is 11.3 Å². The van der Waals surface area contributed by atoms with Crippen molar-refractivity contribution in [3.8, 4) is 11.3 Å². The molecular formula is C13H8Cl2N4S. The van der Waals surface area contributed by atoms with Crippen molar-refractivity contribution in [1.29, 1.82) is 0 Å². The number of nitrogens with one attached hydrogen (secondary N) is 1. The van der Waals surface area contributed by atoms with E-state index in [9.17, 15) is 0 Å². The van der Waals surface area contributed by atoms with Crippen molar-refractivity contribution in [1.82, 2.24) is 15.0 Å². The van der Waals surface area contributed by atoms with Gasteiger partial charge in [-0.05, 0) is 24.3 Å². The average Bonchev–Trinajstić information content (AvgIpc) is 2.91. The lowest BCUT2D eigenvalue weighted by atomic mass is 10.2. The summed E-state index contributed by atoms with van der Waals surface area (Å²) in [4.78, 5) is 12.5. The first-order chi connectivity index (χ1) is 9.70. The maximum Gasteiger partial charge on any atom is 0.187 e. The van der Waals surface area contributed by atoms with Gasteiger partial charge in [0.25, 0.3) is 0 Å². The van der Waals surface area contributed by atoms with Crippen molar-refractivity contribution < 1.29 is 0 Å². The van der Waals surface area contributed by atoms with Crippen LogP contribution in [0.25, 0.3) is 11.3 Å². The van der Waals surface area contributed by atoms with Crippen LogP contribution in [0.5, 0.6) is 0 Å². The van der Waals surface area contributed by atoms with Crippen molar-refractivity contribution in [3.05, 3.63) is 52.3 Å². The molecule has 0 bridgehead atoms. The van der Waals surface area contributed by atoms with Crippen LogP contribution in [-0.2, 0) is 0 Å². The molecule has 7 heteroatoms. The number of hydrogen-bond donors (Lipinski definition) is 1. The summed E-state index contributed by atoms with van der Waals surface area (Å²) in [6.07, 6.45) is 3.36.